The van der Waals surface area contributed by atoms with Crippen molar-refractivity contribution in [3.05, 3.63) is 76.9 Å². The van der Waals surface area contributed by atoms with Crippen LogP contribution in [0.5, 0.6) is 0 Å². The SMILES string of the molecule is CC(C)CC(=O)Nc1ccc(NC(=O)c2ccccc2Sc2ccc(Br)cn2)cc1. The van der Waals surface area contributed by atoms with Gasteiger partial charge in [0.15, 0.2) is 0 Å². The Hall–Kier alpha value is -2.64. The molecule has 2 aromatic carbocycles. The third kappa shape index (κ3) is 6.43. The zero-order valence-electron chi connectivity index (χ0n) is 16.7. The van der Waals surface area contributed by atoms with Gasteiger partial charge in [0, 0.05) is 33.4 Å². The van der Waals surface area contributed by atoms with Gasteiger partial charge < -0.3 is 10.6 Å². The molecular formula is C23H22BrN3O2S. The largest absolute Gasteiger partial charge is 0.326 e. The number of benzene rings is 2. The Morgan fingerprint density at radius 2 is 1.63 bits per heavy atom. The topological polar surface area (TPSA) is 71.1 Å². The van der Waals surface area contributed by atoms with Crippen LogP contribution in [0.4, 0.5) is 11.4 Å². The molecule has 2 N–H and O–H groups in total. The summed E-state index contributed by atoms with van der Waals surface area (Å²) in [6.45, 7) is 4.00. The van der Waals surface area contributed by atoms with Crippen LogP contribution < -0.4 is 10.6 Å². The molecule has 1 aromatic heterocycles. The third-order valence-corrected chi connectivity index (χ3v) is 5.56. The normalized spacial score (nSPS) is 10.7. The second-order valence-corrected chi connectivity index (χ2v) is 9.07. The fourth-order valence-electron chi connectivity index (χ4n) is 2.70. The van der Waals surface area contributed by atoms with E-state index in [0.29, 0.717) is 29.3 Å². The van der Waals surface area contributed by atoms with Crippen LogP contribution in [0.3, 0.4) is 0 Å². The minimum Gasteiger partial charge on any atom is -0.326 e. The highest BCUT2D eigenvalue weighted by molar-refractivity contribution is 9.10. The summed E-state index contributed by atoms with van der Waals surface area (Å²) in [5.74, 6) is 0.0789. The van der Waals surface area contributed by atoms with Crippen LogP contribution >= 0.6 is 27.7 Å². The number of hydrogen-bond acceptors (Lipinski definition) is 4. The van der Waals surface area contributed by atoms with E-state index in [0.717, 1.165) is 14.4 Å². The van der Waals surface area contributed by atoms with Crippen molar-refractivity contribution in [3.8, 4) is 0 Å². The monoisotopic (exact) mass is 483 g/mol. The Balaban J connectivity index is 1.67. The molecule has 0 spiro atoms. The first-order valence-corrected chi connectivity index (χ1v) is 11.1. The number of nitrogens with one attached hydrogen (secondary N) is 2. The summed E-state index contributed by atoms with van der Waals surface area (Å²) < 4.78 is 0.904. The van der Waals surface area contributed by atoms with Crippen LogP contribution in [0.1, 0.15) is 30.6 Å². The molecule has 0 bridgehead atoms. The second kappa shape index (κ2) is 10.4. The van der Waals surface area contributed by atoms with Crippen molar-refractivity contribution in [3.63, 3.8) is 0 Å². The zero-order valence-corrected chi connectivity index (χ0v) is 19.1. The summed E-state index contributed by atoms with van der Waals surface area (Å²) in [5, 5.41) is 6.58. The number of rotatable bonds is 7. The highest BCUT2D eigenvalue weighted by atomic mass is 79.9. The van der Waals surface area contributed by atoms with E-state index in [1.54, 1.807) is 36.5 Å². The Kier molecular flexibility index (Phi) is 7.65. The Morgan fingerprint density at radius 3 is 2.27 bits per heavy atom. The average Bonchev–Trinajstić information content (AvgIpc) is 2.71. The molecule has 0 unspecified atom stereocenters. The van der Waals surface area contributed by atoms with Crippen LogP contribution in [0.25, 0.3) is 0 Å². The minimum absolute atomic E-state index is 0.0192. The van der Waals surface area contributed by atoms with Gasteiger partial charge in [-0.05, 0) is 70.4 Å². The van der Waals surface area contributed by atoms with Crippen molar-refractivity contribution in [2.24, 2.45) is 5.92 Å². The number of nitrogens with zero attached hydrogens (tertiary/aromatic N) is 1. The fraction of sp³-hybridized carbons (Fsp3) is 0.174. The second-order valence-electron chi connectivity index (χ2n) is 7.09. The van der Waals surface area contributed by atoms with E-state index in [9.17, 15) is 9.59 Å². The highest BCUT2D eigenvalue weighted by Gasteiger charge is 2.13. The van der Waals surface area contributed by atoms with Crippen LogP contribution in [-0.4, -0.2) is 16.8 Å². The first-order chi connectivity index (χ1) is 14.4. The van der Waals surface area contributed by atoms with Crippen LogP contribution in [0.15, 0.2) is 81.3 Å². The van der Waals surface area contributed by atoms with Crippen LogP contribution in [0, 0.1) is 5.92 Å². The van der Waals surface area contributed by atoms with E-state index in [1.807, 2.05) is 44.2 Å². The predicted molar refractivity (Wildman–Crippen MR) is 125 cm³/mol. The highest BCUT2D eigenvalue weighted by Crippen LogP contribution is 2.30. The van der Waals surface area contributed by atoms with Gasteiger partial charge in [0.05, 0.1) is 5.56 Å². The molecule has 7 heteroatoms. The maximum Gasteiger partial charge on any atom is 0.256 e. The van der Waals surface area contributed by atoms with Crippen LogP contribution in [-0.2, 0) is 4.79 Å². The molecule has 0 saturated carbocycles. The van der Waals surface area contributed by atoms with Gasteiger partial charge in [-0.2, -0.15) is 0 Å². The first kappa shape index (κ1) is 22.1. The molecule has 3 rings (SSSR count). The van der Waals surface area contributed by atoms with E-state index in [-0.39, 0.29) is 11.8 Å². The quantitative estimate of drug-likeness (QED) is 0.417. The molecule has 154 valence electrons. The lowest BCUT2D eigenvalue weighted by Crippen LogP contribution is -2.14. The van der Waals surface area contributed by atoms with E-state index in [1.165, 1.54) is 11.8 Å². The maximum atomic E-state index is 12.8. The first-order valence-electron chi connectivity index (χ1n) is 9.50. The molecule has 5 nitrogen and oxygen atoms in total. The molecule has 0 atom stereocenters. The number of carbonyl (C=O) groups is 2. The summed E-state index contributed by atoms with van der Waals surface area (Å²) in [5.41, 5.74) is 1.93. The molecule has 3 aromatic rings. The number of hydrogen-bond donors (Lipinski definition) is 2. The van der Waals surface area contributed by atoms with Crippen molar-refractivity contribution < 1.29 is 9.59 Å². The molecule has 0 radical (unpaired) electrons. The van der Waals surface area contributed by atoms with Gasteiger partial charge in [0.25, 0.3) is 5.91 Å². The summed E-state index contributed by atoms with van der Waals surface area (Å²) >= 11 is 4.81. The lowest BCUT2D eigenvalue weighted by Gasteiger charge is -2.11. The van der Waals surface area contributed by atoms with E-state index >= 15 is 0 Å². The minimum atomic E-state index is -0.202. The van der Waals surface area contributed by atoms with Crippen molar-refractivity contribution in [2.75, 3.05) is 10.6 Å². The van der Waals surface area contributed by atoms with Crippen molar-refractivity contribution >= 4 is 50.9 Å². The molecule has 0 aliphatic carbocycles. The molecule has 0 saturated heterocycles. The summed E-state index contributed by atoms with van der Waals surface area (Å²) in [6.07, 6.45) is 2.20. The predicted octanol–water partition coefficient (Wildman–Crippen LogP) is 6.23. The Bertz CT molecular complexity index is 1020. The van der Waals surface area contributed by atoms with Gasteiger partial charge in [-0.1, -0.05) is 37.7 Å². The number of amides is 2. The van der Waals surface area contributed by atoms with E-state index < -0.39 is 0 Å². The number of pyridine rings is 1. The number of aromatic nitrogens is 1. The van der Waals surface area contributed by atoms with Gasteiger partial charge in [-0.15, -0.1) is 0 Å². The molecule has 30 heavy (non-hydrogen) atoms. The zero-order chi connectivity index (χ0) is 21.5. The summed E-state index contributed by atoms with van der Waals surface area (Å²) in [7, 11) is 0. The van der Waals surface area contributed by atoms with Gasteiger partial charge in [-0.3, -0.25) is 9.59 Å². The van der Waals surface area contributed by atoms with E-state index in [2.05, 4.69) is 31.5 Å². The molecule has 0 fully saturated rings. The summed E-state index contributed by atoms with van der Waals surface area (Å²) in [6, 6.07) is 18.3. The summed E-state index contributed by atoms with van der Waals surface area (Å²) in [4.78, 5) is 29.9. The standard InChI is InChI=1S/C23H22BrN3O2S/c1-15(2)13-21(28)26-17-8-10-18(11-9-17)27-23(29)19-5-3-4-6-20(19)30-22-12-7-16(24)14-25-22/h3-12,14-15H,13H2,1-2H3,(H,26,28)(H,27,29). The molecule has 2 amide bonds. The van der Waals surface area contributed by atoms with Crippen molar-refractivity contribution in [1.29, 1.82) is 0 Å². The smallest absolute Gasteiger partial charge is 0.256 e. The van der Waals surface area contributed by atoms with Gasteiger partial charge in [-0.25, -0.2) is 4.98 Å². The molecule has 0 aliphatic heterocycles. The van der Waals surface area contributed by atoms with E-state index in [4.69, 9.17) is 0 Å². The fourth-order valence-corrected chi connectivity index (χ4v) is 3.82. The van der Waals surface area contributed by atoms with Gasteiger partial charge in [0.1, 0.15) is 5.03 Å². The maximum absolute atomic E-state index is 12.8. The molecular weight excluding hydrogens is 462 g/mol. The number of anilines is 2. The van der Waals surface area contributed by atoms with Gasteiger partial charge >= 0.3 is 0 Å². The lowest BCUT2D eigenvalue weighted by molar-refractivity contribution is -0.116. The van der Waals surface area contributed by atoms with Gasteiger partial charge in [0.2, 0.25) is 5.91 Å². The molecule has 0 aliphatic rings. The average molecular weight is 484 g/mol. The molecule has 1 heterocycles. The van der Waals surface area contributed by atoms with Crippen LogP contribution in [0.2, 0.25) is 0 Å². The number of carbonyl (C=O) groups excluding carboxylic acids is 2. The van der Waals surface area contributed by atoms with Crippen molar-refractivity contribution in [1.82, 2.24) is 4.98 Å². The van der Waals surface area contributed by atoms with Crippen molar-refractivity contribution in [2.45, 2.75) is 30.2 Å². The Morgan fingerprint density at radius 1 is 0.967 bits per heavy atom. The third-order valence-electron chi connectivity index (χ3n) is 4.07. The number of halogens is 1. The lowest BCUT2D eigenvalue weighted by atomic mass is 10.1. The Labute approximate surface area is 188 Å².